The van der Waals surface area contributed by atoms with E-state index in [4.69, 9.17) is 4.74 Å². The lowest BCUT2D eigenvalue weighted by molar-refractivity contribution is -0.130. The van der Waals surface area contributed by atoms with Crippen molar-refractivity contribution in [2.45, 2.75) is 25.0 Å². The van der Waals surface area contributed by atoms with Gasteiger partial charge in [-0.25, -0.2) is 4.39 Å². The Bertz CT molecular complexity index is 761. The van der Waals surface area contributed by atoms with Gasteiger partial charge in [0.15, 0.2) is 11.5 Å². The van der Waals surface area contributed by atoms with Crippen LogP contribution in [0.4, 0.5) is 10.1 Å². The van der Waals surface area contributed by atoms with Gasteiger partial charge >= 0.3 is 0 Å². The van der Waals surface area contributed by atoms with Crippen LogP contribution in [0, 0.1) is 5.82 Å². The van der Waals surface area contributed by atoms with E-state index < -0.39 is 29.8 Å². The Balaban J connectivity index is 1.64. The van der Waals surface area contributed by atoms with Crippen molar-refractivity contribution < 1.29 is 23.5 Å². The van der Waals surface area contributed by atoms with Crippen LogP contribution in [0.5, 0.6) is 0 Å². The highest BCUT2D eigenvalue weighted by molar-refractivity contribution is 6.67. The first-order valence-corrected chi connectivity index (χ1v) is 7.66. The van der Waals surface area contributed by atoms with E-state index in [0.29, 0.717) is 18.8 Å². The van der Waals surface area contributed by atoms with Crippen molar-refractivity contribution in [2.24, 2.45) is 5.10 Å². The van der Waals surface area contributed by atoms with Gasteiger partial charge in [0.1, 0.15) is 5.82 Å². The van der Waals surface area contributed by atoms with Crippen molar-refractivity contribution in [3.63, 3.8) is 0 Å². The molecule has 0 spiro atoms. The van der Waals surface area contributed by atoms with Crippen molar-refractivity contribution in [3.8, 4) is 0 Å². The molecule has 1 aromatic carbocycles. The zero-order chi connectivity index (χ0) is 16.8. The molecule has 2 saturated heterocycles. The molecule has 7 nitrogen and oxygen atoms in total. The number of fused-ring (bicyclic) bond motifs is 2. The van der Waals surface area contributed by atoms with Gasteiger partial charge in [-0.05, 0) is 30.7 Å². The number of nitrogens with zero attached hydrogens (tertiary/aromatic N) is 3. The third-order valence-electron chi connectivity index (χ3n) is 4.45. The number of ether oxygens (including phenoxy) is 1. The number of Topliss-reactive ketones (excluding diaryl/α,β-unsaturated/α-hetero) is 1. The maximum atomic E-state index is 13.0. The number of morpholine rings is 1. The van der Waals surface area contributed by atoms with E-state index >= 15 is 0 Å². The summed E-state index contributed by atoms with van der Waals surface area (Å²) in [6.07, 6.45) is 0.335. The van der Waals surface area contributed by atoms with Gasteiger partial charge in [-0.1, -0.05) is 0 Å². The minimum Gasteiger partial charge on any atom is -0.374 e. The Kier molecular flexibility index (Phi) is 3.42. The molecule has 3 heterocycles. The van der Waals surface area contributed by atoms with Gasteiger partial charge in [0.2, 0.25) is 0 Å². The average molecular weight is 331 g/mol. The number of hydrogen-bond donors (Lipinski definition) is 0. The molecular weight excluding hydrogens is 317 g/mol. The van der Waals surface area contributed by atoms with Gasteiger partial charge in [0.05, 0.1) is 30.9 Å². The maximum absolute atomic E-state index is 13.0. The van der Waals surface area contributed by atoms with Crippen LogP contribution in [0.2, 0.25) is 0 Å². The zero-order valence-electron chi connectivity index (χ0n) is 12.6. The summed E-state index contributed by atoms with van der Waals surface area (Å²) < 4.78 is 18.5. The first kappa shape index (κ1) is 14.9. The van der Waals surface area contributed by atoms with E-state index in [1.807, 2.05) is 0 Å². The smallest absolute Gasteiger partial charge is 0.278 e. The number of halogens is 1. The third kappa shape index (κ3) is 2.39. The van der Waals surface area contributed by atoms with Crippen molar-refractivity contribution >= 4 is 29.0 Å². The number of likely N-dealkylation sites (tertiary alicyclic amines) is 1. The lowest BCUT2D eigenvalue weighted by atomic mass is 10.1. The van der Waals surface area contributed by atoms with Crippen molar-refractivity contribution in [3.05, 3.63) is 30.1 Å². The highest BCUT2D eigenvalue weighted by atomic mass is 19.1. The maximum Gasteiger partial charge on any atom is 0.278 e. The summed E-state index contributed by atoms with van der Waals surface area (Å²) in [6.45, 7) is 0.888. The van der Waals surface area contributed by atoms with Gasteiger partial charge in [0.25, 0.3) is 11.8 Å². The fourth-order valence-electron chi connectivity index (χ4n) is 3.24. The molecular formula is C16H14FN3O4. The van der Waals surface area contributed by atoms with E-state index in [9.17, 15) is 18.8 Å². The van der Waals surface area contributed by atoms with E-state index in [0.717, 1.165) is 11.4 Å². The van der Waals surface area contributed by atoms with Gasteiger partial charge in [-0.2, -0.15) is 10.1 Å². The number of carbonyl (C=O) groups excluding carboxylic acids is 3. The van der Waals surface area contributed by atoms with E-state index in [1.165, 1.54) is 24.3 Å². The minimum atomic E-state index is -0.591. The summed E-state index contributed by atoms with van der Waals surface area (Å²) in [5.41, 5.74) is 0.0527. The Hall–Kier alpha value is -2.61. The summed E-state index contributed by atoms with van der Waals surface area (Å²) in [5.74, 6) is -2.07. The molecule has 3 aliphatic heterocycles. The SMILES string of the molecule is O=C1CC(=O)N(c2ccc(F)cc2)N=C1C(=O)N1C[C@H]2C[C@@H]1CO2. The second-order valence-electron chi connectivity index (χ2n) is 6.03. The van der Waals surface area contributed by atoms with E-state index in [-0.39, 0.29) is 17.9 Å². The molecule has 0 saturated carbocycles. The highest BCUT2D eigenvalue weighted by Gasteiger charge is 2.45. The summed E-state index contributed by atoms with van der Waals surface area (Å²) >= 11 is 0. The second kappa shape index (κ2) is 5.48. The van der Waals surface area contributed by atoms with Crippen LogP contribution in [0.3, 0.4) is 0 Å². The van der Waals surface area contributed by atoms with Crippen LogP contribution in [0.25, 0.3) is 0 Å². The van der Waals surface area contributed by atoms with Crippen molar-refractivity contribution in [1.82, 2.24) is 4.90 Å². The fraction of sp³-hybridized carbons (Fsp3) is 0.375. The molecule has 0 unspecified atom stereocenters. The summed E-state index contributed by atoms with van der Waals surface area (Å²) in [4.78, 5) is 38.4. The largest absolute Gasteiger partial charge is 0.374 e. The molecule has 2 bridgehead atoms. The van der Waals surface area contributed by atoms with Crippen LogP contribution in [0.1, 0.15) is 12.8 Å². The molecule has 0 aromatic heterocycles. The molecule has 0 radical (unpaired) electrons. The number of hydrazone groups is 1. The van der Waals surface area contributed by atoms with Crippen LogP contribution in [-0.2, 0) is 19.1 Å². The van der Waals surface area contributed by atoms with E-state index in [1.54, 1.807) is 4.90 Å². The first-order valence-electron chi connectivity index (χ1n) is 7.66. The predicted molar refractivity (Wildman–Crippen MR) is 80.8 cm³/mol. The number of benzene rings is 1. The quantitative estimate of drug-likeness (QED) is 0.739. The summed E-state index contributed by atoms with van der Waals surface area (Å²) in [7, 11) is 0. The van der Waals surface area contributed by atoms with Gasteiger partial charge < -0.3 is 9.64 Å². The minimum absolute atomic E-state index is 0.00748. The lowest BCUT2D eigenvalue weighted by Gasteiger charge is -2.29. The molecule has 2 fully saturated rings. The normalized spacial score (nSPS) is 26.1. The van der Waals surface area contributed by atoms with Crippen molar-refractivity contribution in [2.75, 3.05) is 18.2 Å². The standard InChI is InChI=1S/C16H14FN3O4/c17-9-1-3-10(4-2-9)20-14(22)6-13(21)15(18-20)16(23)19-7-12-5-11(19)8-24-12/h1-4,11-12H,5-8H2/t11-,12-/m1/s1. The molecule has 124 valence electrons. The average Bonchev–Trinajstić information content (AvgIpc) is 3.19. The second-order valence-corrected chi connectivity index (χ2v) is 6.03. The van der Waals surface area contributed by atoms with Crippen molar-refractivity contribution in [1.29, 1.82) is 0 Å². The number of rotatable bonds is 2. The molecule has 24 heavy (non-hydrogen) atoms. The Morgan fingerprint density at radius 2 is 2.00 bits per heavy atom. The fourth-order valence-corrected chi connectivity index (χ4v) is 3.24. The highest BCUT2D eigenvalue weighted by Crippen LogP contribution is 2.29. The number of hydrogen-bond acceptors (Lipinski definition) is 5. The van der Waals surface area contributed by atoms with Gasteiger partial charge in [-0.3, -0.25) is 14.4 Å². The van der Waals surface area contributed by atoms with Gasteiger partial charge in [0, 0.05) is 6.54 Å². The number of ketones is 1. The Labute approximate surface area is 136 Å². The number of anilines is 1. The molecule has 4 rings (SSSR count). The molecule has 3 aliphatic rings. The molecule has 0 N–H and O–H groups in total. The number of amides is 2. The monoisotopic (exact) mass is 331 g/mol. The Morgan fingerprint density at radius 3 is 2.62 bits per heavy atom. The third-order valence-corrected chi connectivity index (χ3v) is 4.45. The number of carbonyl (C=O) groups is 3. The van der Waals surface area contributed by atoms with Crippen LogP contribution in [0.15, 0.2) is 29.4 Å². The van der Waals surface area contributed by atoms with Crippen LogP contribution < -0.4 is 5.01 Å². The van der Waals surface area contributed by atoms with E-state index in [2.05, 4.69) is 5.10 Å². The predicted octanol–water partition coefficient (Wildman–Crippen LogP) is 0.487. The van der Waals surface area contributed by atoms with Crippen LogP contribution in [-0.4, -0.2) is 53.5 Å². The first-order chi connectivity index (χ1) is 11.5. The Morgan fingerprint density at radius 1 is 1.25 bits per heavy atom. The summed E-state index contributed by atoms with van der Waals surface area (Å²) in [5, 5.41) is 4.95. The lowest BCUT2D eigenvalue weighted by Crippen LogP contribution is -2.50. The molecule has 8 heteroatoms. The molecule has 0 aliphatic carbocycles. The molecule has 2 atom stereocenters. The zero-order valence-corrected chi connectivity index (χ0v) is 12.6. The molecule has 1 aromatic rings. The molecule has 2 amide bonds. The van der Waals surface area contributed by atoms with Crippen LogP contribution >= 0.6 is 0 Å². The summed E-state index contributed by atoms with van der Waals surface area (Å²) in [6, 6.07) is 5.08. The topological polar surface area (TPSA) is 79.3 Å². The van der Waals surface area contributed by atoms with Gasteiger partial charge in [-0.15, -0.1) is 0 Å².